The Morgan fingerprint density at radius 1 is 1.42 bits per heavy atom. The molecule has 0 saturated heterocycles. The number of nitrogens with two attached hydrogens (primary N) is 1. The van der Waals surface area contributed by atoms with Crippen LogP contribution >= 0.6 is 0 Å². The third-order valence-electron chi connectivity index (χ3n) is 3.33. The van der Waals surface area contributed by atoms with Crippen molar-refractivity contribution in [3.63, 3.8) is 0 Å². The second kappa shape index (κ2) is 7.11. The van der Waals surface area contributed by atoms with Crippen molar-refractivity contribution in [2.75, 3.05) is 13.7 Å². The Bertz CT molecular complexity index is 447. The van der Waals surface area contributed by atoms with E-state index in [4.69, 9.17) is 15.6 Å². The first kappa shape index (κ1) is 15.5. The minimum Gasteiger partial charge on any atom is -0.496 e. The molecule has 0 radical (unpaired) electrons. The van der Waals surface area contributed by atoms with Crippen LogP contribution in [0.5, 0.6) is 5.75 Å². The van der Waals surface area contributed by atoms with Crippen LogP contribution < -0.4 is 15.8 Å². The highest BCUT2D eigenvalue weighted by atomic mass is 16.5. The van der Waals surface area contributed by atoms with Gasteiger partial charge in [-0.25, -0.2) is 0 Å². The third-order valence-corrected chi connectivity index (χ3v) is 3.33. The summed E-state index contributed by atoms with van der Waals surface area (Å²) in [5.41, 5.74) is 8.93. The van der Waals surface area contributed by atoms with E-state index in [9.17, 15) is 4.79 Å². The first-order chi connectivity index (χ1) is 8.97. The minimum atomic E-state index is -0.960. The van der Waals surface area contributed by atoms with Crippen molar-refractivity contribution in [2.45, 2.75) is 32.9 Å². The lowest BCUT2D eigenvalue weighted by molar-refractivity contribution is -0.138. The number of carbonyl (C=O) groups is 1. The molecule has 1 aromatic carbocycles. The maximum absolute atomic E-state index is 10.6. The molecule has 1 aromatic rings. The number of benzene rings is 1. The first-order valence-electron chi connectivity index (χ1n) is 6.29. The number of ether oxygens (including phenoxy) is 1. The molecule has 1 unspecified atom stereocenters. The molecule has 0 aliphatic heterocycles. The molecule has 106 valence electrons. The van der Waals surface area contributed by atoms with Crippen molar-refractivity contribution in [1.29, 1.82) is 0 Å². The summed E-state index contributed by atoms with van der Waals surface area (Å²) in [5.74, 6) is -0.0765. The summed E-state index contributed by atoms with van der Waals surface area (Å²) in [6, 6.07) is 3.17. The Kier molecular flexibility index (Phi) is 5.79. The highest BCUT2D eigenvalue weighted by Crippen LogP contribution is 2.23. The number of methoxy groups -OCH3 is 1. The van der Waals surface area contributed by atoms with Crippen LogP contribution in [0.15, 0.2) is 12.1 Å². The number of carboxylic acid groups (broad SMARTS) is 1. The number of carboxylic acids is 1. The van der Waals surface area contributed by atoms with Crippen LogP contribution in [-0.2, 0) is 11.3 Å². The van der Waals surface area contributed by atoms with Gasteiger partial charge in [0, 0.05) is 6.54 Å². The van der Waals surface area contributed by atoms with Gasteiger partial charge in [0.2, 0.25) is 0 Å². The average molecular weight is 266 g/mol. The smallest absolute Gasteiger partial charge is 0.320 e. The molecule has 0 saturated carbocycles. The van der Waals surface area contributed by atoms with Gasteiger partial charge in [-0.15, -0.1) is 0 Å². The van der Waals surface area contributed by atoms with E-state index in [0.717, 1.165) is 11.3 Å². The van der Waals surface area contributed by atoms with E-state index in [1.165, 1.54) is 11.1 Å². The summed E-state index contributed by atoms with van der Waals surface area (Å²) in [6.45, 7) is 5.36. The lowest BCUT2D eigenvalue weighted by Crippen LogP contribution is -2.33. The van der Waals surface area contributed by atoms with Crippen molar-refractivity contribution in [3.8, 4) is 5.75 Å². The molecular formula is C14H22N2O3. The molecule has 5 heteroatoms. The maximum Gasteiger partial charge on any atom is 0.320 e. The van der Waals surface area contributed by atoms with Gasteiger partial charge >= 0.3 is 5.97 Å². The quantitative estimate of drug-likeness (QED) is 0.646. The largest absolute Gasteiger partial charge is 0.496 e. The van der Waals surface area contributed by atoms with Gasteiger partial charge in [0.15, 0.2) is 0 Å². The second-order valence-electron chi connectivity index (χ2n) is 4.59. The summed E-state index contributed by atoms with van der Waals surface area (Å²) >= 11 is 0. The fraction of sp³-hybridized carbons (Fsp3) is 0.500. The number of nitrogens with one attached hydrogen (secondary N) is 1. The zero-order valence-electron chi connectivity index (χ0n) is 11.7. The van der Waals surface area contributed by atoms with Gasteiger partial charge in [-0.05, 0) is 49.6 Å². The van der Waals surface area contributed by atoms with Crippen molar-refractivity contribution in [2.24, 2.45) is 5.73 Å². The van der Waals surface area contributed by atoms with E-state index < -0.39 is 12.0 Å². The van der Waals surface area contributed by atoms with Crippen LogP contribution in [0.4, 0.5) is 0 Å². The van der Waals surface area contributed by atoms with E-state index in [0.29, 0.717) is 19.5 Å². The van der Waals surface area contributed by atoms with Crippen LogP contribution in [0, 0.1) is 13.8 Å². The molecule has 0 aromatic heterocycles. The van der Waals surface area contributed by atoms with Crippen LogP contribution in [0.2, 0.25) is 0 Å². The Hall–Kier alpha value is -1.59. The molecule has 0 fully saturated rings. The first-order valence-corrected chi connectivity index (χ1v) is 6.29. The summed E-state index contributed by atoms with van der Waals surface area (Å²) < 4.78 is 5.26. The molecule has 0 bridgehead atoms. The number of aliphatic carboxylic acids is 1. The fourth-order valence-corrected chi connectivity index (χ4v) is 1.87. The summed E-state index contributed by atoms with van der Waals surface area (Å²) in [4.78, 5) is 10.6. The lowest BCUT2D eigenvalue weighted by Gasteiger charge is -2.13. The van der Waals surface area contributed by atoms with Crippen LogP contribution in [0.3, 0.4) is 0 Å². The normalized spacial score (nSPS) is 12.2. The Labute approximate surface area is 113 Å². The highest BCUT2D eigenvalue weighted by molar-refractivity contribution is 5.72. The van der Waals surface area contributed by atoms with E-state index in [-0.39, 0.29) is 0 Å². The molecule has 0 amide bonds. The van der Waals surface area contributed by atoms with Crippen molar-refractivity contribution in [3.05, 3.63) is 28.8 Å². The van der Waals surface area contributed by atoms with Crippen LogP contribution in [-0.4, -0.2) is 30.8 Å². The van der Waals surface area contributed by atoms with Crippen LogP contribution in [0.25, 0.3) is 0 Å². The molecule has 4 N–H and O–H groups in total. The van der Waals surface area contributed by atoms with Gasteiger partial charge in [-0.3, -0.25) is 4.79 Å². The Morgan fingerprint density at radius 3 is 2.68 bits per heavy atom. The predicted molar refractivity (Wildman–Crippen MR) is 74.4 cm³/mol. The predicted octanol–water partition coefficient (Wildman–Crippen LogP) is 1.20. The van der Waals surface area contributed by atoms with Gasteiger partial charge in [-0.1, -0.05) is 6.07 Å². The lowest BCUT2D eigenvalue weighted by atomic mass is 10.0. The van der Waals surface area contributed by atoms with Gasteiger partial charge < -0.3 is 20.9 Å². The summed E-state index contributed by atoms with van der Waals surface area (Å²) in [6.07, 6.45) is 0.420. The average Bonchev–Trinajstić information content (AvgIpc) is 2.39. The molecule has 0 spiro atoms. The molecule has 0 heterocycles. The molecule has 0 aliphatic rings. The van der Waals surface area contributed by atoms with Crippen molar-refractivity contribution < 1.29 is 14.6 Å². The van der Waals surface area contributed by atoms with E-state index >= 15 is 0 Å². The molecular weight excluding hydrogens is 244 g/mol. The Balaban J connectivity index is 2.50. The minimum absolute atomic E-state index is 0.420. The molecule has 1 rings (SSSR count). The zero-order chi connectivity index (χ0) is 14.4. The fourth-order valence-electron chi connectivity index (χ4n) is 1.87. The van der Waals surface area contributed by atoms with E-state index in [1.807, 2.05) is 19.1 Å². The topological polar surface area (TPSA) is 84.6 Å². The zero-order valence-corrected chi connectivity index (χ0v) is 11.7. The van der Waals surface area contributed by atoms with Crippen molar-refractivity contribution in [1.82, 2.24) is 5.32 Å². The number of hydrogen-bond acceptors (Lipinski definition) is 4. The van der Waals surface area contributed by atoms with Gasteiger partial charge in [0.1, 0.15) is 11.8 Å². The van der Waals surface area contributed by atoms with E-state index in [2.05, 4.69) is 12.2 Å². The van der Waals surface area contributed by atoms with Gasteiger partial charge in [-0.2, -0.15) is 0 Å². The Morgan fingerprint density at radius 2 is 2.11 bits per heavy atom. The van der Waals surface area contributed by atoms with Crippen LogP contribution in [0.1, 0.15) is 23.1 Å². The summed E-state index contributed by atoms with van der Waals surface area (Å²) in [7, 11) is 1.66. The van der Waals surface area contributed by atoms with Gasteiger partial charge in [0.05, 0.1) is 7.11 Å². The second-order valence-corrected chi connectivity index (χ2v) is 4.59. The molecule has 19 heavy (non-hydrogen) atoms. The highest BCUT2D eigenvalue weighted by Gasteiger charge is 2.10. The van der Waals surface area contributed by atoms with Crippen molar-refractivity contribution >= 4 is 5.97 Å². The molecule has 5 nitrogen and oxygen atoms in total. The molecule has 1 atom stereocenters. The third kappa shape index (κ3) is 4.22. The van der Waals surface area contributed by atoms with E-state index in [1.54, 1.807) is 7.11 Å². The summed E-state index contributed by atoms with van der Waals surface area (Å²) in [5, 5.41) is 11.9. The standard InChI is InChI=1S/C14H22N2O3/c1-9-10(2)13(19-3)5-4-11(9)8-16-7-6-12(15)14(17)18/h4-5,12,16H,6-8,15H2,1-3H3,(H,17,18). The molecule has 0 aliphatic carbocycles. The maximum atomic E-state index is 10.6. The van der Waals surface area contributed by atoms with Gasteiger partial charge in [0.25, 0.3) is 0 Å². The number of rotatable bonds is 7. The number of hydrogen-bond donors (Lipinski definition) is 3. The SMILES string of the molecule is COc1ccc(CNCCC(N)C(=O)O)c(C)c1C. The monoisotopic (exact) mass is 266 g/mol.